The first-order chi connectivity index (χ1) is 11.5. The highest BCUT2D eigenvalue weighted by atomic mass is 35.5. The predicted molar refractivity (Wildman–Crippen MR) is 95.0 cm³/mol. The number of nitrogens with zero attached hydrogens (tertiary/aromatic N) is 2. The first kappa shape index (κ1) is 18.5. The van der Waals surface area contributed by atoms with Crippen LogP contribution in [0.4, 0.5) is 0 Å². The lowest BCUT2D eigenvalue weighted by atomic mass is 10.0. The molecule has 5 nitrogen and oxygen atoms in total. The maximum absolute atomic E-state index is 12.2. The fourth-order valence-corrected chi connectivity index (χ4v) is 2.86. The molecule has 1 N–H and O–H groups in total. The van der Waals surface area contributed by atoms with Crippen molar-refractivity contribution in [3.63, 3.8) is 0 Å². The normalized spacial score (nSPS) is 13.5. The number of hydrogen-bond acceptors (Lipinski definition) is 3. The van der Waals surface area contributed by atoms with Gasteiger partial charge in [0.25, 0.3) is 0 Å². The molecule has 1 amide bonds. The molecule has 0 saturated heterocycles. The maximum atomic E-state index is 12.2. The summed E-state index contributed by atoms with van der Waals surface area (Å²) in [4.78, 5) is 16.3. The molecule has 130 valence electrons. The topological polar surface area (TPSA) is 56.1 Å². The highest BCUT2D eigenvalue weighted by Crippen LogP contribution is 2.22. The number of ether oxygens (including phenoxy) is 1. The molecule has 0 fully saturated rings. The Morgan fingerprint density at radius 1 is 1.38 bits per heavy atom. The van der Waals surface area contributed by atoms with Crippen molar-refractivity contribution in [2.45, 2.75) is 45.4 Å². The van der Waals surface area contributed by atoms with Crippen LogP contribution in [0.15, 0.2) is 36.7 Å². The summed E-state index contributed by atoms with van der Waals surface area (Å²) in [6.45, 7) is 4.69. The number of carbonyl (C=O) groups is 1. The summed E-state index contributed by atoms with van der Waals surface area (Å²) < 4.78 is 7.59. The van der Waals surface area contributed by atoms with Crippen molar-refractivity contribution in [2.75, 3.05) is 7.11 Å². The summed E-state index contributed by atoms with van der Waals surface area (Å²) >= 11 is 5.92. The molecule has 2 aromatic rings. The fraction of sp³-hybridized carbons (Fsp3) is 0.444. The number of methoxy groups -OCH3 is 1. The van der Waals surface area contributed by atoms with E-state index in [9.17, 15) is 4.79 Å². The Labute approximate surface area is 148 Å². The largest absolute Gasteiger partial charge is 0.375 e. The molecule has 1 heterocycles. The van der Waals surface area contributed by atoms with Crippen molar-refractivity contribution in [3.8, 4) is 0 Å². The van der Waals surface area contributed by atoms with Gasteiger partial charge in [-0.25, -0.2) is 4.98 Å². The van der Waals surface area contributed by atoms with Gasteiger partial charge in [-0.3, -0.25) is 4.79 Å². The Bertz CT molecular complexity index is 655. The molecule has 2 rings (SSSR count). The highest BCUT2D eigenvalue weighted by molar-refractivity contribution is 6.30. The summed E-state index contributed by atoms with van der Waals surface area (Å²) in [6.07, 6.45) is 4.74. The van der Waals surface area contributed by atoms with Gasteiger partial charge in [-0.15, -0.1) is 0 Å². The zero-order chi connectivity index (χ0) is 17.5. The summed E-state index contributed by atoms with van der Waals surface area (Å²) in [6, 6.07) is 7.36. The van der Waals surface area contributed by atoms with Gasteiger partial charge in [-0.1, -0.05) is 23.7 Å². The smallest absolute Gasteiger partial charge is 0.220 e. The van der Waals surface area contributed by atoms with E-state index in [4.69, 9.17) is 16.3 Å². The van der Waals surface area contributed by atoms with Crippen LogP contribution in [0, 0.1) is 6.92 Å². The third kappa shape index (κ3) is 5.08. The zero-order valence-electron chi connectivity index (χ0n) is 14.3. The van der Waals surface area contributed by atoms with Gasteiger partial charge in [0.05, 0.1) is 6.04 Å². The standard InChI is InChI=1S/C18H24ClN3O2/c1-13(18(24-3)15-6-8-16(19)9-7-15)21-17(23)5-4-11-22-12-10-20-14(22)2/h6-10,12-13,18H,4-5,11H2,1-3H3,(H,21,23)/t13-,18-/m0/s1. The number of carbonyl (C=O) groups excluding carboxylic acids is 1. The average Bonchev–Trinajstić information content (AvgIpc) is 2.95. The van der Waals surface area contributed by atoms with E-state index >= 15 is 0 Å². The minimum absolute atomic E-state index is 0.0243. The molecule has 2 atom stereocenters. The predicted octanol–water partition coefficient (Wildman–Crippen LogP) is 3.52. The van der Waals surface area contributed by atoms with Crippen LogP contribution in [0.25, 0.3) is 0 Å². The molecule has 1 aromatic carbocycles. The number of nitrogens with one attached hydrogen (secondary N) is 1. The second kappa shape index (κ2) is 8.85. The van der Waals surface area contributed by atoms with E-state index in [1.165, 1.54) is 0 Å². The quantitative estimate of drug-likeness (QED) is 0.793. The molecule has 0 spiro atoms. The third-order valence-electron chi connectivity index (χ3n) is 4.02. The van der Waals surface area contributed by atoms with Crippen LogP contribution < -0.4 is 5.32 Å². The number of aromatic nitrogens is 2. The van der Waals surface area contributed by atoms with Crippen LogP contribution in [0.3, 0.4) is 0 Å². The van der Waals surface area contributed by atoms with Crippen molar-refractivity contribution in [2.24, 2.45) is 0 Å². The van der Waals surface area contributed by atoms with E-state index in [2.05, 4.69) is 10.3 Å². The number of rotatable bonds is 8. The molecular weight excluding hydrogens is 326 g/mol. The third-order valence-corrected chi connectivity index (χ3v) is 4.27. The zero-order valence-corrected chi connectivity index (χ0v) is 15.1. The van der Waals surface area contributed by atoms with E-state index in [0.29, 0.717) is 11.4 Å². The van der Waals surface area contributed by atoms with E-state index in [-0.39, 0.29) is 18.1 Å². The monoisotopic (exact) mass is 349 g/mol. The second-order valence-corrected chi connectivity index (χ2v) is 6.27. The average molecular weight is 350 g/mol. The lowest BCUT2D eigenvalue weighted by molar-refractivity contribution is -0.122. The second-order valence-electron chi connectivity index (χ2n) is 5.84. The number of imidazole rings is 1. The summed E-state index contributed by atoms with van der Waals surface area (Å²) in [7, 11) is 1.64. The van der Waals surface area contributed by atoms with Gasteiger partial charge in [0.15, 0.2) is 0 Å². The molecular formula is C18H24ClN3O2. The molecule has 1 aromatic heterocycles. The molecule has 0 aliphatic rings. The van der Waals surface area contributed by atoms with Gasteiger partial charge in [-0.2, -0.15) is 0 Å². The summed E-state index contributed by atoms with van der Waals surface area (Å²) in [5, 5.41) is 3.70. The van der Waals surface area contributed by atoms with Crippen LogP contribution in [0.2, 0.25) is 5.02 Å². The summed E-state index contributed by atoms with van der Waals surface area (Å²) in [5.74, 6) is 0.988. The Kier molecular flexibility index (Phi) is 6.82. The minimum Gasteiger partial charge on any atom is -0.375 e. The first-order valence-corrected chi connectivity index (χ1v) is 8.44. The van der Waals surface area contributed by atoms with Crippen LogP contribution in [-0.4, -0.2) is 28.6 Å². The Balaban J connectivity index is 1.83. The van der Waals surface area contributed by atoms with Gasteiger partial charge in [0.2, 0.25) is 5.91 Å². The number of benzene rings is 1. The molecule has 0 saturated carbocycles. The van der Waals surface area contributed by atoms with Crippen molar-refractivity contribution in [1.29, 1.82) is 0 Å². The number of halogens is 1. The number of amides is 1. The SMILES string of the molecule is CO[C@H](c1ccc(Cl)cc1)[C@H](C)NC(=O)CCCn1ccnc1C. The summed E-state index contributed by atoms with van der Waals surface area (Å²) in [5.41, 5.74) is 0.990. The van der Waals surface area contributed by atoms with Crippen molar-refractivity contribution >= 4 is 17.5 Å². The Hall–Kier alpha value is -1.85. The van der Waals surface area contributed by atoms with E-state index in [1.807, 2.05) is 48.9 Å². The van der Waals surface area contributed by atoms with Gasteiger partial charge < -0.3 is 14.6 Å². The van der Waals surface area contributed by atoms with E-state index in [0.717, 1.165) is 24.4 Å². The molecule has 0 unspecified atom stereocenters. The van der Waals surface area contributed by atoms with Crippen molar-refractivity contribution in [3.05, 3.63) is 53.1 Å². The Morgan fingerprint density at radius 2 is 2.08 bits per heavy atom. The molecule has 0 aliphatic carbocycles. The van der Waals surface area contributed by atoms with Gasteiger partial charge in [-0.05, 0) is 38.0 Å². The maximum Gasteiger partial charge on any atom is 0.220 e. The Morgan fingerprint density at radius 3 is 2.67 bits per heavy atom. The molecule has 6 heteroatoms. The first-order valence-electron chi connectivity index (χ1n) is 8.06. The van der Waals surface area contributed by atoms with Gasteiger partial charge in [0, 0.05) is 37.5 Å². The highest BCUT2D eigenvalue weighted by Gasteiger charge is 2.20. The van der Waals surface area contributed by atoms with Crippen LogP contribution in [0.1, 0.15) is 37.3 Å². The van der Waals surface area contributed by atoms with Crippen molar-refractivity contribution < 1.29 is 9.53 Å². The lowest BCUT2D eigenvalue weighted by Crippen LogP contribution is -2.37. The minimum atomic E-state index is -0.206. The fourth-order valence-electron chi connectivity index (χ4n) is 2.73. The molecule has 24 heavy (non-hydrogen) atoms. The lowest BCUT2D eigenvalue weighted by Gasteiger charge is -2.24. The van der Waals surface area contributed by atoms with Crippen LogP contribution >= 0.6 is 11.6 Å². The van der Waals surface area contributed by atoms with Crippen LogP contribution in [-0.2, 0) is 16.1 Å². The van der Waals surface area contributed by atoms with E-state index in [1.54, 1.807) is 13.3 Å². The van der Waals surface area contributed by atoms with Crippen molar-refractivity contribution in [1.82, 2.24) is 14.9 Å². The van der Waals surface area contributed by atoms with Gasteiger partial charge in [0.1, 0.15) is 11.9 Å². The van der Waals surface area contributed by atoms with Gasteiger partial charge >= 0.3 is 0 Å². The molecule has 0 bridgehead atoms. The van der Waals surface area contributed by atoms with E-state index < -0.39 is 0 Å². The number of aryl methyl sites for hydroxylation is 2. The number of hydrogen-bond donors (Lipinski definition) is 1. The molecule has 0 radical (unpaired) electrons. The van der Waals surface area contributed by atoms with Crippen LogP contribution in [0.5, 0.6) is 0 Å². The molecule has 0 aliphatic heterocycles.